The third-order valence-electron chi connectivity index (χ3n) is 5.10. The smallest absolute Gasteiger partial charge is 0.189 e. The maximum Gasteiger partial charge on any atom is 0.189 e. The lowest BCUT2D eigenvalue weighted by Crippen LogP contribution is -2.20. The van der Waals surface area contributed by atoms with E-state index in [4.69, 9.17) is 9.47 Å². The molecule has 4 heteroatoms. The number of benzene rings is 3. The van der Waals surface area contributed by atoms with Crippen LogP contribution in [0.2, 0.25) is 0 Å². The van der Waals surface area contributed by atoms with Gasteiger partial charge in [0, 0.05) is 6.54 Å². The maximum atomic E-state index is 13.3. The van der Waals surface area contributed by atoms with Crippen molar-refractivity contribution in [2.24, 2.45) is 0 Å². The van der Waals surface area contributed by atoms with Gasteiger partial charge in [-0.2, -0.15) is 0 Å². The molecule has 0 aliphatic rings. The summed E-state index contributed by atoms with van der Waals surface area (Å²) in [5, 5.41) is 0. The molecule has 0 aliphatic carbocycles. The minimum atomic E-state index is -0.0778. The number of ketones is 1. The zero-order valence-corrected chi connectivity index (χ0v) is 18.6. The van der Waals surface area contributed by atoms with Gasteiger partial charge in [-0.25, -0.2) is 0 Å². The number of likely N-dealkylation sites (N-methyl/N-ethyl adjacent to an activating group) is 1. The summed E-state index contributed by atoms with van der Waals surface area (Å²) in [5.74, 6) is 1.32. The Balaban J connectivity index is 1.94. The lowest BCUT2D eigenvalue weighted by Gasteiger charge is -2.17. The Bertz CT molecular complexity index is 1040. The van der Waals surface area contributed by atoms with E-state index in [1.165, 1.54) is 0 Å². The molecule has 0 aliphatic heterocycles. The van der Waals surface area contributed by atoms with E-state index in [-0.39, 0.29) is 5.78 Å². The lowest BCUT2D eigenvalue weighted by molar-refractivity contribution is 0.104. The van der Waals surface area contributed by atoms with E-state index in [0.29, 0.717) is 17.9 Å². The van der Waals surface area contributed by atoms with E-state index >= 15 is 0 Å². The molecule has 0 radical (unpaired) electrons. The highest BCUT2D eigenvalue weighted by Crippen LogP contribution is 2.32. The minimum absolute atomic E-state index is 0.0778. The molecule has 0 N–H and O–H groups in total. The summed E-state index contributed by atoms with van der Waals surface area (Å²) in [7, 11) is 5.63. The van der Waals surface area contributed by atoms with Gasteiger partial charge in [-0.1, -0.05) is 54.6 Å². The Morgan fingerprint density at radius 2 is 1.68 bits per heavy atom. The zero-order chi connectivity index (χ0) is 22.2. The number of allylic oxidation sites excluding steroid dienone is 1. The molecule has 0 spiro atoms. The van der Waals surface area contributed by atoms with Crippen LogP contribution in [0.15, 0.2) is 72.8 Å². The second-order valence-electron chi connectivity index (χ2n) is 7.60. The van der Waals surface area contributed by atoms with Crippen LogP contribution in [0.4, 0.5) is 0 Å². The number of rotatable bonds is 9. The Morgan fingerprint density at radius 3 is 2.32 bits per heavy atom. The number of carbonyl (C=O) groups is 1. The SMILES string of the molecule is COc1ccc(C=CC(=O)c2c(OCCN(C)C)ccc(-c3ccccc3)c2C)cc1. The van der Waals surface area contributed by atoms with Crippen molar-refractivity contribution in [2.45, 2.75) is 6.92 Å². The fraction of sp³-hybridized carbons (Fsp3) is 0.222. The van der Waals surface area contributed by atoms with Gasteiger partial charge in [0.1, 0.15) is 18.1 Å². The van der Waals surface area contributed by atoms with Gasteiger partial charge in [0.25, 0.3) is 0 Å². The van der Waals surface area contributed by atoms with E-state index in [0.717, 1.165) is 34.5 Å². The Kier molecular flexibility index (Phi) is 7.63. The molecule has 0 saturated heterocycles. The average molecular weight is 416 g/mol. The molecule has 0 amide bonds. The van der Waals surface area contributed by atoms with Crippen LogP contribution in [0.3, 0.4) is 0 Å². The average Bonchev–Trinajstić information content (AvgIpc) is 2.78. The van der Waals surface area contributed by atoms with Gasteiger partial charge in [0.15, 0.2) is 5.78 Å². The van der Waals surface area contributed by atoms with E-state index in [2.05, 4.69) is 17.0 Å². The predicted molar refractivity (Wildman–Crippen MR) is 127 cm³/mol. The summed E-state index contributed by atoms with van der Waals surface area (Å²) in [4.78, 5) is 15.3. The predicted octanol–water partition coefficient (Wildman–Crippen LogP) is 5.51. The summed E-state index contributed by atoms with van der Waals surface area (Å²) in [6.45, 7) is 3.27. The molecular weight excluding hydrogens is 386 g/mol. The van der Waals surface area contributed by atoms with Crippen molar-refractivity contribution in [1.29, 1.82) is 0 Å². The number of methoxy groups -OCH3 is 1. The van der Waals surface area contributed by atoms with Gasteiger partial charge in [0.2, 0.25) is 0 Å². The Morgan fingerprint density at radius 1 is 0.968 bits per heavy atom. The van der Waals surface area contributed by atoms with Crippen LogP contribution in [-0.4, -0.2) is 45.0 Å². The summed E-state index contributed by atoms with van der Waals surface area (Å²) in [5.41, 5.74) is 4.55. The van der Waals surface area contributed by atoms with E-state index in [1.807, 2.05) is 81.7 Å². The topological polar surface area (TPSA) is 38.8 Å². The van der Waals surface area contributed by atoms with Crippen LogP contribution < -0.4 is 9.47 Å². The zero-order valence-electron chi connectivity index (χ0n) is 18.6. The van der Waals surface area contributed by atoms with Crippen molar-refractivity contribution in [3.8, 4) is 22.6 Å². The molecule has 160 valence electrons. The quantitative estimate of drug-likeness (QED) is 0.341. The van der Waals surface area contributed by atoms with Crippen LogP contribution in [0.1, 0.15) is 21.5 Å². The van der Waals surface area contributed by atoms with Crippen LogP contribution in [0, 0.1) is 6.92 Å². The molecule has 0 saturated carbocycles. The van der Waals surface area contributed by atoms with Gasteiger partial charge in [-0.3, -0.25) is 4.79 Å². The lowest BCUT2D eigenvalue weighted by atomic mass is 9.93. The third-order valence-corrected chi connectivity index (χ3v) is 5.10. The molecule has 0 atom stereocenters. The molecule has 0 unspecified atom stereocenters. The highest BCUT2D eigenvalue weighted by Gasteiger charge is 2.17. The number of hydrogen-bond donors (Lipinski definition) is 0. The van der Waals surface area contributed by atoms with Crippen LogP contribution in [-0.2, 0) is 0 Å². The van der Waals surface area contributed by atoms with Gasteiger partial charge in [-0.05, 0) is 67.5 Å². The van der Waals surface area contributed by atoms with Gasteiger partial charge in [0.05, 0.1) is 12.7 Å². The Labute approximate surface area is 184 Å². The van der Waals surface area contributed by atoms with Crippen LogP contribution in [0.5, 0.6) is 11.5 Å². The standard InChI is InChI=1S/C27H29NO3/c1-20-24(22-8-6-5-7-9-22)15-17-26(31-19-18-28(2)3)27(20)25(29)16-12-21-10-13-23(30-4)14-11-21/h5-17H,18-19H2,1-4H3. The van der Waals surface area contributed by atoms with Crippen molar-refractivity contribution >= 4 is 11.9 Å². The van der Waals surface area contributed by atoms with Gasteiger partial charge < -0.3 is 14.4 Å². The largest absolute Gasteiger partial charge is 0.497 e. The highest BCUT2D eigenvalue weighted by atomic mass is 16.5. The highest BCUT2D eigenvalue weighted by molar-refractivity contribution is 6.10. The van der Waals surface area contributed by atoms with Gasteiger partial charge >= 0.3 is 0 Å². The summed E-state index contributed by atoms with van der Waals surface area (Å²) < 4.78 is 11.2. The molecule has 4 nitrogen and oxygen atoms in total. The van der Waals surface area contributed by atoms with Crippen LogP contribution in [0.25, 0.3) is 17.2 Å². The normalized spacial score (nSPS) is 11.1. The summed E-state index contributed by atoms with van der Waals surface area (Å²) in [6, 6.07) is 21.6. The summed E-state index contributed by atoms with van der Waals surface area (Å²) >= 11 is 0. The molecule has 0 fully saturated rings. The minimum Gasteiger partial charge on any atom is -0.497 e. The number of ether oxygens (including phenoxy) is 2. The molecule has 3 aromatic rings. The van der Waals surface area contributed by atoms with Crippen molar-refractivity contribution in [1.82, 2.24) is 4.90 Å². The first kappa shape index (κ1) is 22.3. The molecule has 3 aromatic carbocycles. The molecule has 3 rings (SSSR count). The van der Waals surface area contributed by atoms with Crippen molar-refractivity contribution in [2.75, 3.05) is 34.4 Å². The van der Waals surface area contributed by atoms with Gasteiger partial charge in [-0.15, -0.1) is 0 Å². The Hall–Kier alpha value is -3.37. The monoisotopic (exact) mass is 415 g/mol. The molecule has 0 heterocycles. The first-order chi connectivity index (χ1) is 15.0. The van der Waals surface area contributed by atoms with Crippen molar-refractivity contribution in [3.63, 3.8) is 0 Å². The molecular formula is C27H29NO3. The first-order valence-corrected chi connectivity index (χ1v) is 10.3. The molecule has 31 heavy (non-hydrogen) atoms. The third kappa shape index (κ3) is 5.83. The van der Waals surface area contributed by atoms with E-state index < -0.39 is 0 Å². The number of nitrogens with zero attached hydrogens (tertiary/aromatic N) is 1. The fourth-order valence-electron chi connectivity index (χ4n) is 3.35. The molecule has 0 bridgehead atoms. The number of carbonyl (C=O) groups excluding carboxylic acids is 1. The number of hydrogen-bond acceptors (Lipinski definition) is 4. The van der Waals surface area contributed by atoms with Crippen molar-refractivity contribution in [3.05, 3.63) is 89.5 Å². The fourth-order valence-corrected chi connectivity index (χ4v) is 3.35. The molecule has 0 aromatic heterocycles. The first-order valence-electron chi connectivity index (χ1n) is 10.3. The van der Waals surface area contributed by atoms with E-state index in [9.17, 15) is 4.79 Å². The second-order valence-corrected chi connectivity index (χ2v) is 7.60. The van der Waals surface area contributed by atoms with E-state index in [1.54, 1.807) is 13.2 Å². The van der Waals surface area contributed by atoms with Crippen molar-refractivity contribution < 1.29 is 14.3 Å². The summed E-state index contributed by atoms with van der Waals surface area (Å²) in [6.07, 6.45) is 3.43. The van der Waals surface area contributed by atoms with Crippen LogP contribution >= 0.6 is 0 Å². The second kappa shape index (κ2) is 10.6. The maximum absolute atomic E-state index is 13.3.